The Hall–Kier alpha value is -1.39. The number of carbonyl (C=O) groups excluding carboxylic acids is 1. The molecule has 4 heteroatoms. The van der Waals surface area contributed by atoms with E-state index in [1.54, 1.807) is 0 Å². The molecule has 1 atom stereocenters. The third-order valence-electron chi connectivity index (χ3n) is 4.50. The lowest BCUT2D eigenvalue weighted by atomic mass is 10.1. The van der Waals surface area contributed by atoms with Crippen LogP contribution in [0, 0.1) is 0 Å². The Labute approximate surface area is 121 Å². The molecule has 0 bridgehead atoms. The summed E-state index contributed by atoms with van der Waals surface area (Å²) in [6, 6.07) is 10.8. The fourth-order valence-corrected chi connectivity index (χ4v) is 3.22. The van der Waals surface area contributed by atoms with Gasteiger partial charge in [-0.15, -0.1) is 0 Å². The molecule has 1 aromatic carbocycles. The van der Waals surface area contributed by atoms with Crippen LogP contribution in [0.4, 0.5) is 0 Å². The molecule has 0 aliphatic carbocycles. The molecule has 20 heavy (non-hydrogen) atoms. The van der Waals surface area contributed by atoms with Gasteiger partial charge in [0.05, 0.1) is 6.04 Å². The summed E-state index contributed by atoms with van der Waals surface area (Å²) in [5.41, 5.74) is 1.37. The predicted octanol–water partition coefficient (Wildman–Crippen LogP) is 1.03. The van der Waals surface area contributed by atoms with Crippen LogP contribution in [0.1, 0.15) is 12.0 Å². The zero-order valence-electron chi connectivity index (χ0n) is 12.2. The topological polar surface area (TPSA) is 26.8 Å². The molecule has 1 aromatic rings. The number of rotatable bonds is 3. The number of benzene rings is 1. The molecule has 2 aliphatic rings. The highest BCUT2D eigenvalue weighted by Crippen LogP contribution is 2.18. The Morgan fingerprint density at radius 3 is 2.35 bits per heavy atom. The molecule has 2 saturated heterocycles. The second-order valence-corrected chi connectivity index (χ2v) is 5.86. The number of likely N-dealkylation sites (N-methyl/N-ethyl adjacent to an activating group) is 1. The van der Waals surface area contributed by atoms with Crippen molar-refractivity contribution >= 4 is 5.91 Å². The Kier molecular flexibility index (Phi) is 4.03. The molecule has 0 spiro atoms. The van der Waals surface area contributed by atoms with E-state index >= 15 is 0 Å². The van der Waals surface area contributed by atoms with Crippen LogP contribution in [-0.4, -0.2) is 66.4 Å². The summed E-state index contributed by atoms with van der Waals surface area (Å²) in [5.74, 6) is 0.307. The quantitative estimate of drug-likeness (QED) is 0.823. The van der Waals surface area contributed by atoms with Gasteiger partial charge in [-0.2, -0.15) is 0 Å². The Morgan fingerprint density at radius 1 is 1.05 bits per heavy atom. The summed E-state index contributed by atoms with van der Waals surface area (Å²) in [6.07, 6.45) is 0.994. The molecule has 1 amide bonds. The molecule has 4 nitrogen and oxygen atoms in total. The maximum absolute atomic E-state index is 12.0. The van der Waals surface area contributed by atoms with Gasteiger partial charge in [-0.25, -0.2) is 0 Å². The van der Waals surface area contributed by atoms with Gasteiger partial charge in [0, 0.05) is 46.3 Å². The number of hydrogen-bond acceptors (Lipinski definition) is 3. The van der Waals surface area contributed by atoms with Crippen molar-refractivity contribution in [3.63, 3.8) is 0 Å². The van der Waals surface area contributed by atoms with Crippen LogP contribution >= 0.6 is 0 Å². The third kappa shape index (κ3) is 2.86. The van der Waals surface area contributed by atoms with Crippen LogP contribution in [0.5, 0.6) is 0 Å². The van der Waals surface area contributed by atoms with Crippen LogP contribution in [0.3, 0.4) is 0 Å². The fourth-order valence-electron chi connectivity index (χ4n) is 3.22. The van der Waals surface area contributed by atoms with E-state index < -0.39 is 0 Å². The Morgan fingerprint density at radius 2 is 1.75 bits per heavy atom. The lowest BCUT2D eigenvalue weighted by Crippen LogP contribution is -2.52. The molecule has 3 rings (SSSR count). The van der Waals surface area contributed by atoms with Gasteiger partial charge in [-0.3, -0.25) is 14.6 Å². The average molecular weight is 273 g/mol. The van der Waals surface area contributed by atoms with Crippen molar-refractivity contribution in [2.75, 3.05) is 39.8 Å². The molecule has 2 aliphatic heterocycles. The second-order valence-electron chi connectivity index (χ2n) is 5.86. The first-order valence-corrected chi connectivity index (χ1v) is 7.49. The van der Waals surface area contributed by atoms with Gasteiger partial charge in [0.2, 0.25) is 5.91 Å². The second kappa shape index (κ2) is 5.94. The van der Waals surface area contributed by atoms with Crippen molar-refractivity contribution in [3.05, 3.63) is 35.9 Å². The van der Waals surface area contributed by atoms with Crippen molar-refractivity contribution in [3.8, 4) is 0 Å². The molecule has 2 fully saturated rings. The molecule has 2 heterocycles. The zero-order chi connectivity index (χ0) is 13.9. The van der Waals surface area contributed by atoms with E-state index in [9.17, 15) is 4.79 Å². The zero-order valence-corrected chi connectivity index (χ0v) is 12.2. The number of hydrogen-bond donors (Lipinski definition) is 0. The third-order valence-corrected chi connectivity index (χ3v) is 4.50. The van der Waals surface area contributed by atoms with E-state index in [0.29, 0.717) is 5.91 Å². The summed E-state index contributed by atoms with van der Waals surface area (Å²) in [4.78, 5) is 18.8. The van der Waals surface area contributed by atoms with E-state index in [1.807, 2.05) is 11.9 Å². The monoisotopic (exact) mass is 273 g/mol. The summed E-state index contributed by atoms with van der Waals surface area (Å²) in [7, 11) is 1.91. The first kappa shape index (κ1) is 13.6. The lowest BCUT2D eigenvalue weighted by Gasteiger charge is -2.37. The minimum absolute atomic E-state index is 0.138. The molecule has 0 N–H and O–H groups in total. The number of carbonyl (C=O) groups is 1. The van der Waals surface area contributed by atoms with Crippen molar-refractivity contribution < 1.29 is 4.79 Å². The van der Waals surface area contributed by atoms with Crippen LogP contribution in [0.2, 0.25) is 0 Å². The number of amides is 1. The molecule has 108 valence electrons. The standard InChI is InChI=1S/C16H23N3O/c1-17-8-7-15(16(17)20)19-11-9-18(10-12-19)13-14-5-3-2-4-6-14/h2-6,15H,7-13H2,1H3. The van der Waals surface area contributed by atoms with Gasteiger partial charge >= 0.3 is 0 Å². The first-order valence-electron chi connectivity index (χ1n) is 7.49. The van der Waals surface area contributed by atoms with Crippen LogP contribution < -0.4 is 0 Å². The molecule has 1 unspecified atom stereocenters. The van der Waals surface area contributed by atoms with E-state index in [0.717, 1.165) is 45.7 Å². The molecular weight excluding hydrogens is 250 g/mol. The van der Waals surface area contributed by atoms with E-state index in [1.165, 1.54) is 5.56 Å². The summed E-state index contributed by atoms with van der Waals surface area (Å²) < 4.78 is 0. The van der Waals surface area contributed by atoms with E-state index in [4.69, 9.17) is 0 Å². The van der Waals surface area contributed by atoms with Crippen molar-refractivity contribution in [2.24, 2.45) is 0 Å². The van der Waals surface area contributed by atoms with Crippen LogP contribution in [0.15, 0.2) is 30.3 Å². The summed E-state index contributed by atoms with van der Waals surface area (Å²) >= 11 is 0. The SMILES string of the molecule is CN1CCC(N2CCN(Cc3ccccc3)CC2)C1=O. The smallest absolute Gasteiger partial charge is 0.239 e. The molecular formula is C16H23N3O. The van der Waals surface area contributed by atoms with Crippen LogP contribution in [-0.2, 0) is 11.3 Å². The Balaban J connectivity index is 1.51. The van der Waals surface area contributed by atoms with Gasteiger partial charge in [0.25, 0.3) is 0 Å². The number of likely N-dealkylation sites (tertiary alicyclic amines) is 1. The fraction of sp³-hybridized carbons (Fsp3) is 0.562. The Bertz CT molecular complexity index is 454. The number of piperazine rings is 1. The minimum atomic E-state index is 0.138. The highest BCUT2D eigenvalue weighted by Gasteiger charge is 2.35. The predicted molar refractivity (Wildman–Crippen MR) is 79.3 cm³/mol. The lowest BCUT2D eigenvalue weighted by molar-refractivity contribution is -0.131. The average Bonchev–Trinajstić information content (AvgIpc) is 2.81. The first-order chi connectivity index (χ1) is 9.74. The van der Waals surface area contributed by atoms with Gasteiger partial charge < -0.3 is 4.90 Å². The highest BCUT2D eigenvalue weighted by molar-refractivity contribution is 5.83. The van der Waals surface area contributed by atoms with Crippen molar-refractivity contribution in [1.29, 1.82) is 0 Å². The minimum Gasteiger partial charge on any atom is -0.344 e. The van der Waals surface area contributed by atoms with Gasteiger partial charge in [0.1, 0.15) is 0 Å². The largest absolute Gasteiger partial charge is 0.344 e. The van der Waals surface area contributed by atoms with Crippen molar-refractivity contribution in [2.45, 2.75) is 19.0 Å². The van der Waals surface area contributed by atoms with Crippen LogP contribution in [0.25, 0.3) is 0 Å². The van der Waals surface area contributed by atoms with E-state index in [-0.39, 0.29) is 6.04 Å². The summed E-state index contributed by atoms with van der Waals surface area (Å²) in [5, 5.41) is 0. The maximum Gasteiger partial charge on any atom is 0.239 e. The van der Waals surface area contributed by atoms with Gasteiger partial charge in [-0.05, 0) is 12.0 Å². The molecule has 0 radical (unpaired) electrons. The van der Waals surface area contributed by atoms with Crippen molar-refractivity contribution in [1.82, 2.24) is 14.7 Å². The van der Waals surface area contributed by atoms with Gasteiger partial charge in [-0.1, -0.05) is 30.3 Å². The maximum atomic E-state index is 12.0. The molecule has 0 saturated carbocycles. The highest BCUT2D eigenvalue weighted by atomic mass is 16.2. The van der Waals surface area contributed by atoms with E-state index in [2.05, 4.69) is 40.1 Å². The summed E-state index contributed by atoms with van der Waals surface area (Å²) in [6.45, 7) is 6.07. The normalized spacial score (nSPS) is 25.4. The molecule has 0 aromatic heterocycles. The van der Waals surface area contributed by atoms with Gasteiger partial charge in [0.15, 0.2) is 0 Å². The number of nitrogens with zero attached hydrogens (tertiary/aromatic N) is 3.